The quantitative estimate of drug-likeness (QED) is 0.110. The Morgan fingerprint density at radius 2 is 2.33 bits per heavy atom. The third-order valence-corrected chi connectivity index (χ3v) is 8.94. The molecule has 192 valence electrons. The van der Waals surface area contributed by atoms with Crippen LogP contribution in [0.3, 0.4) is 0 Å². The molecule has 2 aliphatic rings. The van der Waals surface area contributed by atoms with E-state index in [-0.39, 0.29) is 47.1 Å². The summed E-state index contributed by atoms with van der Waals surface area (Å²) in [4.78, 5) is 48.7. The molecule has 17 heteroatoms. The standard InChI is InChI=1S/C19H23N9O5S3/c1-3-5-28-18(23-25-26-28)36-9-19(16(31)32)7-27-14(30)12(15(27)35-8-19)22-13(29)11(24-33-4-2)10-6-34-17(20)21-10/h3,6,12,15H,1,4-5,7-9H2,2H3,(H2,20,21)(H,22,29)(H,31,32)/t12?,15-,19?/m1/s1. The molecule has 4 heterocycles. The highest BCUT2D eigenvalue weighted by molar-refractivity contribution is 8.00. The van der Waals surface area contributed by atoms with Crippen molar-refractivity contribution in [3.63, 3.8) is 0 Å². The van der Waals surface area contributed by atoms with Gasteiger partial charge in [0.15, 0.2) is 10.8 Å². The monoisotopic (exact) mass is 553 g/mol. The number of carboxylic acid groups (broad SMARTS) is 1. The summed E-state index contributed by atoms with van der Waals surface area (Å²) >= 11 is 3.66. The second-order valence-corrected chi connectivity index (χ2v) is 10.8. The summed E-state index contributed by atoms with van der Waals surface area (Å²) in [6, 6.07) is -0.829. The minimum absolute atomic E-state index is 0.00371. The van der Waals surface area contributed by atoms with Crippen molar-refractivity contribution < 1.29 is 24.3 Å². The van der Waals surface area contributed by atoms with E-state index in [1.54, 1.807) is 18.4 Å². The van der Waals surface area contributed by atoms with Gasteiger partial charge in [0.25, 0.3) is 5.91 Å². The fourth-order valence-corrected chi connectivity index (χ4v) is 6.88. The Balaban J connectivity index is 1.43. The number of rotatable bonds is 11. The van der Waals surface area contributed by atoms with E-state index < -0.39 is 28.7 Å². The number of carbonyl (C=O) groups is 3. The Morgan fingerprint density at radius 1 is 1.53 bits per heavy atom. The number of amides is 2. The smallest absolute Gasteiger partial charge is 0.313 e. The van der Waals surface area contributed by atoms with Crippen molar-refractivity contribution >= 4 is 63.5 Å². The van der Waals surface area contributed by atoms with Crippen molar-refractivity contribution in [1.29, 1.82) is 0 Å². The number of β-lactam (4-membered cyclic amide) rings is 1. The van der Waals surface area contributed by atoms with Crippen LogP contribution in [0.4, 0.5) is 5.13 Å². The number of anilines is 1. The number of fused-ring (bicyclic) bond motifs is 1. The zero-order chi connectivity index (χ0) is 25.9. The van der Waals surface area contributed by atoms with Crippen LogP contribution in [0.15, 0.2) is 28.3 Å². The number of hydrogen-bond acceptors (Lipinski definition) is 13. The number of allylic oxidation sites excluding steroid dienone is 1. The van der Waals surface area contributed by atoms with Gasteiger partial charge < -0.3 is 25.9 Å². The summed E-state index contributed by atoms with van der Waals surface area (Å²) in [6.45, 7) is 6.00. The molecule has 0 bridgehead atoms. The Labute approximate surface area is 217 Å². The minimum atomic E-state index is -1.21. The molecule has 3 atom stereocenters. The van der Waals surface area contributed by atoms with Gasteiger partial charge in [-0.05, 0) is 17.4 Å². The molecule has 14 nitrogen and oxygen atoms in total. The lowest BCUT2D eigenvalue weighted by Gasteiger charge is -2.53. The summed E-state index contributed by atoms with van der Waals surface area (Å²) in [5.41, 5.74) is 4.61. The molecule has 2 aromatic heterocycles. The Kier molecular flexibility index (Phi) is 7.79. The number of nitrogens with zero attached hydrogens (tertiary/aromatic N) is 7. The maximum atomic E-state index is 12.9. The van der Waals surface area contributed by atoms with Crippen LogP contribution in [0.5, 0.6) is 0 Å². The summed E-state index contributed by atoms with van der Waals surface area (Å²) in [7, 11) is 0. The second kappa shape index (κ2) is 10.8. The third kappa shape index (κ3) is 5.03. The van der Waals surface area contributed by atoms with E-state index in [0.29, 0.717) is 11.7 Å². The van der Waals surface area contributed by atoms with Crippen molar-refractivity contribution in [3.05, 3.63) is 23.7 Å². The number of thioether (sulfide) groups is 2. The molecule has 2 aliphatic heterocycles. The maximum absolute atomic E-state index is 12.9. The molecule has 4 N–H and O–H groups in total. The van der Waals surface area contributed by atoms with Crippen molar-refractivity contribution in [2.24, 2.45) is 10.6 Å². The predicted molar refractivity (Wildman–Crippen MR) is 133 cm³/mol. The fraction of sp³-hybridized carbons (Fsp3) is 0.474. The average Bonchev–Trinajstić information content (AvgIpc) is 3.50. The SMILES string of the molecule is C=CCn1nnnc1SCC1(C(=O)O)CS[C@@H]2C(NC(=O)C(=NOCC)c3csc(N)n3)C(=O)N2C1. The van der Waals surface area contributed by atoms with Crippen molar-refractivity contribution in [1.82, 2.24) is 35.4 Å². The first-order chi connectivity index (χ1) is 17.3. The first-order valence-electron chi connectivity index (χ1n) is 10.7. The fourth-order valence-electron chi connectivity index (χ4n) is 3.58. The van der Waals surface area contributed by atoms with Gasteiger partial charge in [-0.1, -0.05) is 23.0 Å². The second-order valence-electron chi connectivity index (χ2n) is 7.85. The molecule has 36 heavy (non-hydrogen) atoms. The van der Waals surface area contributed by atoms with E-state index >= 15 is 0 Å². The molecular formula is C19H23N9O5S3. The van der Waals surface area contributed by atoms with E-state index in [2.05, 4.69) is 37.6 Å². The lowest BCUT2D eigenvalue weighted by Crippen LogP contribution is -2.74. The van der Waals surface area contributed by atoms with Gasteiger partial charge in [0.1, 0.15) is 29.1 Å². The van der Waals surface area contributed by atoms with Crippen molar-refractivity contribution in [2.75, 3.05) is 30.4 Å². The Bertz CT molecular complexity index is 1200. The number of carbonyl (C=O) groups excluding carboxylic acids is 2. The van der Waals surface area contributed by atoms with Gasteiger partial charge in [-0.25, -0.2) is 9.67 Å². The molecule has 0 aliphatic carbocycles. The molecule has 2 aromatic rings. The summed E-state index contributed by atoms with van der Waals surface area (Å²) in [5.74, 6) is -1.62. The van der Waals surface area contributed by atoms with Crippen LogP contribution in [0.1, 0.15) is 12.6 Å². The van der Waals surface area contributed by atoms with E-state index in [1.165, 1.54) is 33.1 Å². The maximum Gasteiger partial charge on any atom is 0.313 e. The lowest BCUT2D eigenvalue weighted by molar-refractivity contribution is -0.157. The van der Waals surface area contributed by atoms with Crippen LogP contribution in [0, 0.1) is 5.41 Å². The molecule has 2 fully saturated rings. The van der Waals surface area contributed by atoms with Gasteiger partial charge in [-0.3, -0.25) is 14.4 Å². The van der Waals surface area contributed by atoms with Crippen LogP contribution in [-0.4, -0.2) is 94.8 Å². The number of nitrogen functional groups attached to an aromatic ring is 1. The Hall–Kier alpha value is -3.18. The van der Waals surface area contributed by atoms with E-state index in [1.807, 2.05) is 0 Å². The lowest BCUT2D eigenvalue weighted by atomic mass is 9.89. The first-order valence-corrected chi connectivity index (χ1v) is 13.6. The van der Waals surface area contributed by atoms with Gasteiger partial charge in [-0.2, -0.15) is 0 Å². The molecule has 2 saturated heterocycles. The van der Waals surface area contributed by atoms with E-state index in [9.17, 15) is 19.5 Å². The number of aliphatic carboxylic acids is 1. The van der Waals surface area contributed by atoms with Crippen LogP contribution >= 0.6 is 34.9 Å². The largest absolute Gasteiger partial charge is 0.481 e. The molecule has 0 aromatic carbocycles. The minimum Gasteiger partial charge on any atom is -0.481 e. The Morgan fingerprint density at radius 3 is 3.00 bits per heavy atom. The van der Waals surface area contributed by atoms with E-state index in [0.717, 1.165) is 11.3 Å². The normalized spacial score (nSPS) is 23.5. The molecule has 0 spiro atoms. The highest BCUT2D eigenvalue weighted by Gasteiger charge is 2.57. The molecule has 4 rings (SSSR count). The number of carboxylic acids is 1. The number of nitrogens with one attached hydrogen (secondary N) is 1. The van der Waals surface area contributed by atoms with Gasteiger partial charge in [-0.15, -0.1) is 34.8 Å². The number of thiazole rings is 1. The van der Waals surface area contributed by atoms with E-state index in [4.69, 9.17) is 10.6 Å². The zero-order valence-electron chi connectivity index (χ0n) is 19.1. The summed E-state index contributed by atoms with van der Waals surface area (Å²) in [5, 5.41) is 29.9. The number of oxime groups is 1. The topological polar surface area (TPSA) is 191 Å². The predicted octanol–water partition coefficient (Wildman–Crippen LogP) is -0.0984. The van der Waals surface area contributed by atoms with Gasteiger partial charge in [0, 0.05) is 23.4 Å². The number of aromatic nitrogens is 5. The van der Waals surface area contributed by atoms with Crippen LogP contribution in [0.2, 0.25) is 0 Å². The number of tetrazole rings is 1. The molecule has 0 saturated carbocycles. The van der Waals surface area contributed by atoms with Gasteiger partial charge in [0.2, 0.25) is 11.1 Å². The zero-order valence-corrected chi connectivity index (χ0v) is 21.5. The van der Waals surface area contributed by atoms with Crippen LogP contribution < -0.4 is 11.1 Å². The third-order valence-electron chi connectivity index (χ3n) is 5.43. The van der Waals surface area contributed by atoms with Crippen LogP contribution in [0.25, 0.3) is 0 Å². The van der Waals surface area contributed by atoms with Crippen molar-refractivity contribution in [3.8, 4) is 0 Å². The number of hydrogen-bond donors (Lipinski definition) is 3. The van der Waals surface area contributed by atoms with Crippen molar-refractivity contribution in [2.45, 2.75) is 30.0 Å². The molecule has 2 unspecified atom stereocenters. The number of nitrogens with two attached hydrogens (primary N) is 1. The summed E-state index contributed by atoms with van der Waals surface area (Å²) in [6.07, 6.45) is 1.63. The highest BCUT2D eigenvalue weighted by Crippen LogP contribution is 2.44. The summed E-state index contributed by atoms with van der Waals surface area (Å²) < 4.78 is 1.52. The first kappa shape index (κ1) is 25.9. The molecule has 0 radical (unpaired) electrons. The van der Waals surface area contributed by atoms with Crippen LogP contribution in [-0.2, 0) is 25.8 Å². The highest BCUT2D eigenvalue weighted by atomic mass is 32.2. The van der Waals surface area contributed by atoms with Gasteiger partial charge >= 0.3 is 5.97 Å². The average molecular weight is 554 g/mol. The molecule has 2 amide bonds. The van der Waals surface area contributed by atoms with Gasteiger partial charge in [0.05, 0.1) is 6.54 Å². The molecular weight excluding hydrogens is 530 g/mol.